The zero-order valence-electron chi connectivity index (χ0n) is 10.8. The molecule has 1 atom stereocenters. The lowest BCUT2D eigenvalue weighted by Gasteiger charge is -2.20. The molecular weight excluding hydrogens is 242 g/mol. The SMILES string of the molecule is CSCC[C@H](NCC(=O)OC(C)(C)C)C(=O)O. The van der Waals surface area contributed by atoms with Crippen molar-refractivity contribution in [2.45, 2.75) is 38.8 Å². The van der Waals surface area contributed by atoms with Crippen LogP contribution in [0, 0.1) is 0 Å². The Kier molecular flexibility index (Phi) is 7.22. The van der Waals surface area contributed by atoms with E-state index in [9.17, 15) is 9.59 Å². The molecule has 0 bridgehead atoms. The minimum atomic E-state index is -0.942. The predicted molar refractivity (Wildman–Crippen MR) is 68.3 cm³/mol. The molecule has 0 aromatic heterocycles. The van der Waals surface area contributed by atoms with Crippen molar-refractivity contribution in [2.24, 2.45) is 0 Å². The van der Waals surface area contributed by atoms with E-state index in [4.69, 9.17) is 9.84 Å². The molecule has 0 aromatic rings. The molecule has 0 rings (SSSR count). The average Bonchev–Trinajstić information content (AvgIpc) is 2.14. The number of carboxylic acid groups (broad SMARTS) is 1. The fraction of sp³-hybridized carbons (Fsp3) is 0.818. The van der Waals surface area contributed by atoms with E-state index in [1.807, 2.05) is 6.26 Å². The Labute approximate surface area is 106 Å². The number of carboxylic acids is 1. The molecule has 0 saturated heterocycles. The number of carbonyl (C=O) groups excluding carboxylic acids is 1. The minimum absolute atomic E-state index is 0.0807. The van der Waals surface area contributed by atoms with Gasteiger partial charge in [-0.2, -0.15) is 11.8 Å². The van der Waals surface area contributed by atoms with Crippen LogP contribution in [0.2, 0.25) is 0 Å². The van der Waals surface area contributed by atoms with E-state index < -0.39 is 23.6 Å². The molecule has 5 nitrogen and oxygen atoms in total. The Morgan fingerprint density at radius 1 is 1.41 bits per heavy atom. The van der Waals surface area contributed by atoms with E-state index in [1.54, 1.807) is 32.5 Å². The summed E-state index contributed by atoms with van der Waals surface area (Å²) in [5, 5.41) is 11.6. The summed E-state index contributed by atoms with van der Waals surface area (Å²) in [6, 6.07) is -0.699. The largest absolute Gasteiger partial charge is 0.480 e. The third-order valence-corrected chi connectivity index (χ3v) is 2.47. The summed E-state index contributed by atoms with van der Waals surface area (Å²) < 4.78 is 5.07. The van der Waals surface area contributed by atoms with Crippen LogP contribution in [0.25, 0.3) is 0 Å². The van der Waals surface area contributed by atoms with Crippen molar-refractivity contribution in [3.8, 4) is 0 Å². The summed E-state index contributed by atoms with van der Waals surface area (Å²) in [5.41, 5.74) is -0.545. The third kappa shape index (κ3) is 9.00. The molecule has 0 spiro atoms. The van der Waals surface area contributed by atoms with E-state index >= 15 is 0 Å². The molecular formula is C11H21NO4S. The second-order valence-corrected chi connectivity index (χ2v) is 5.63. The van der Waals surface area contributed by atoms with Crippen molar-refractivity contribution in [1.29, 1.82) is 0 Å². The smallest absolute Gasteiger partial charge is 0.320 e. The van der Waals surface area contributed by atoms with Gasteiger partial charge in [-0.05, 0) is 39.2 Å². The van der Waals surface area contributed by atoms with Crippen molar-refractivity contribution in [1.82, 2.24) is 5.32 Å². The number of hydrogen-bond donors (Lipinski definition) is 2. The second kappa shape index (κ2) is 7.55. The van der Waals surface area contributed by atoms with Crippen LogP contribution in [0.4, 0.5) is 0 Å². The van der Waals surface area contributed by atoms with Gasteiger partial charge < -0.3 is 9.84 Å². The van der Waals surface area contributed by atoms with Gasteiger partial charge in [0.1, 0.15) is 11.6 Å². The van der Waals surface area contributed by atoms with E-state index in [0.29, 0.717) is 6.42 Å². The molecule has 0 aliphatic heterocycles. The topological polar surface area (TPSA) is 75.6 Å². The van der Waals surface area contributed by atoms with Gasteiger partial charge in [-0.3, -0.25) is 14.9 Å². The number of carbonyl (C=O) groups is 2. The standard InChI is InChI=1S/C11H21NO4S/c1-11(2,3)16-9(13)7-12-8(10(14)15)5-6-17-4/h8,12H,5-7H2,1-4H3,(H,14,15)/t8-/m0/s1. The number of hydrogen-bond acceptors (Lipinski definition) is 5. The van der Waals surface area contributed by atoms with Gasteiger partial charge >= 0.3 is 11.9 Å². The van der Waals surface area contributed by atoms with Crippen LogP contribution in [0.5, 0.6) is 0 Å². The van der Waals surface area contributed by atoms with Gasteiger partial charge in [-0.25, -0.2) is 0 Å². The molecule has 0 unspecified atom stereocenters. The molecule has 6 heteroatoms. The molecule has 0 aliphatic rings. The zero-order chi connectivity index (χ0) is 13.5. The summed E-state index contributed by atoms with van der Waals surface area (Å²) in [5.74, 6) is -0.645. The summed E-state index contributed by atoms with van der Waals surface area (Å²) in [6.07, 6.45) is 2.39. The number of esters is 1. The first-order valence-electron chi connectivity index (χ1n) is 5.43. The average molecular weight is 263 g/mol. The maximum absolute atomic E-state index is 11.4. The van der Waals surface area contributed by atoms with Gasteiger partial charge in [0.05, 0.1) is 6.54 Å². The molecule has 0 saturated carbocycles. The first-order valence-corrected chi connectivity index (χ1v) is 6.82. The number of aliphatic carboxylic acids is 1. The normalized spacial score (nSPS) is 13.2. The Hall–Kier alpha value is -0.750. The Bertz CT molecular complexity index is 263. The van der Waals surface area contributed by atoms with Crippen LogP contribution in [0.15, 0.2) is 0 Å². The van der Waals surface area contributed by atoms with Crippen molar-refractivity contribution >= 4 is 23.7 Å². The van der Waals surface area contributed by atoms with Gasteiger partial charge in [-0.15, -0.1) is 0 Å². The van der Waals surface area contributed by atoms with Gasteiger partial charge in [0.2, 0.25) is 0 Å². The van der Waals surface area contributed by atoms with Gasteiger partial charge in [0, 0.05) is 0 Å². The molecule has 0 heterocycles. The highest BCUT2D eigenvalue weighted by atomic mass is 32.2. The van der Waals surface area contributed by atoms with Crippen LogP contribution < -0.4 is 5.32 Å². The highest BCUT2D eigenvalue weighted by molar-refractivity contribution is 7.98. The van der Waals surface area contributed by atoms with Crippen LogP contribution in [0.3, 0.4) is 0 Å². The zero-order valence-corrected chi connectivity index (χ0v) is 11.6. The minimum Gasteiger partial charge on any atom is -0.480 e. The van der Waals surface area contributed by atoms with Crippen molar-refractivity contribution in [2.75, 3.05) is 18.6 Å². The van der Waals surface area contributed by atoms with Gasteiger partial charge in [0.15, 0.2) is 0 Å². The van der Waals surface area contributed by atoms with Gasteiger partial charge in [-0.1, -0.05) is 0 Å². The summed E-state index contributed by atoms with van der Waals surface area (Å²) in [6.45, 7) is 5.23. The molecule has 0 amide bonds. The maximum atomic E-state index is 11.4. The quantitative estimate of drug-likeness (QED) is 0.670. The van der Waals surface area contributed by atoms with E-state index in [2.05, 4.69) is 5.32 Å². The van der Waals surface area contributed by atoms with Crippen LogP contribution in [0.1, 0.15) is 27.2 Å². The lowest BCUT2D eigenvalue weighted by molar-refractivity contribution is -0.154. The molecule has 2 N–H and O–H groups in total. The predicted octanol–water partition coefficient (Wildman–Crippen LogP) is 1.12. The second-order valence-electron chi connectivity index (χ2n) is 4.64. The third-order valence-electron chi connectivity index (χ3n) is 1.82. The number of ether oxygens (including phenoxy) is 1. The number of rotatable bonds is 7. The molecule has 0 radical (unpaired) electrons. The van der Waals surface area contributed by atoms with Crippen LogP contribution in [-0.4, -0.2) is 47.2 Å². The number of nitrogens with one attached hydrogen (secondary N) is 1. The molecule has 0 aliphatic carbocycles. The lowest BCUT2D eigenvalue weighted by Crippen LogP contribution is -2.41. The first kappa shape index (κ1) is 16.2. The van der Waals surface area contributed by atoms with Crippen LogP contribution >= 0.6 is 11.8 Å². The highest BCUT2D eigenvalue weighted by Crippen LogP contribution is 2.06. The lowest BCUT2D eigenvalue weighted by atomic mass is 10.2. The Balaban J connectivity index is 4.04. The Morgan fingerprint density at radius 3 is 2.41 bits per heavy atom. The molecule has 100 valence electrons. The van der Waals surface area contributed by atoms with E-state index in [-0.39, 0.29) is 6.54 Å². The summed E-state index contributed by atoms with van der Waals surface area (Å²) in [7, 11) is 0. The van der Waals surface area contributed by atoms with Crippen molar-refractivity contribution in [3.63, 3.8) is 0 Å². The fourth-order valence-corrected chi connectivity index (χ4v) is 1.60. The van der Waals surface area contributed by atoms with Gasteiger partial charge in [0.25, 0.3) is 0 Å². The summed E-state index contributed by atoms with van der Waals surface area (Å²) >= 11 is 1.57. The molecule has 17 heavy (non-hydrogen) atoms. The summed E-state index contributed by atoms with van der Waals surface area (Å²) in [4.78, 5) is 22.3. The molecule has 0 fully saturated rings. The van der Waals surface area contributed by atoms with E-state index in [1.165, 1.54) is 0 Å². The van der Waals surface area contributed by atoms with Crippen molar-refractivity contribution in [3.05, 3.63) is 0 Å². The fourth-order valence-electron chi connectivity index (χ4n) is 1.13. The first-order chi connectivity index (χ1) is 7.76. The Morgan fingerprint density at radius 2 is 2.00 bits per heavy atom. The van der Waals surface area contributed by atoms with Crippen molar-refractivity contribution < 1.29 is 19.4 Å². The monoisotopic (exact) mass is 263 g/mol. The number of thioether (sulfide) groups is 1. The van der Waals surface area contributed by atoms with Crippen LogP contribution in [-0.2, 0) is 14.3 Å². The van der Waals surface area contributed by atoms with E-state index in [0.717, 1.165) is 5.75 Å². The molecule has 0 aromatic carbocycles. The highest BCUT2D eigenvalue weighted by Gasteiger charge is 2.20. The maximum Gasteiger partial charge on any atom is 0.320 e.